The van der Waals surface area contributed by atoms with Crippen LogP contribution in [-0.2, 0) is 0 Å². The molecule has 0 aliphatic carbocycles. The Morgan fingerprint density at radius 2 is 2.07 bits per heavy atom. The zero-order valence-electron chi connectivity index (χ0n) is 8.81. The molecule has 0 fully saturated rings. The van der Waals surface area contributed by atoms with E-state index in [1.807, 2.05) is 13.8 Å². The van der Waals surface area contributed by atoms with E-state index in [1.165, 1.54) is 0 Å². The van der Waals surface area contributed by atoms with Crippen molar-refractivity contribution in [3.63, 3.8) is 0 Å². The molecule has 1 heterocycles. The fourth-order valence-electron chi connectivity index (χ4n) is 1.66. The van der Waals surface area contributed by atoms with Gasteiger partial charge in [-0.05, 0) is 25.8 Å². The number of hydrogen-bond acceptors (Lipinski definition) is 2. The van der Waals surface area contributed by atoms with E-state index in [0.717, 1.165) is 24.0 Å². The molecule has 0 unspecified atom stereocenters. The molecule has 1 N–H and O–H groups in total. The molecule has 3 heteroatoms. The molecule has 0 radical (unpaired) electrons. The van der Waals surface area contributed by atoms with Crippen molar-refractivity contribution in [2.45, 2.75) is 33.6 Å². The Labute approximate surface area is 83.5 Å². The van der Waals surface area contributed by atoms with Gasteiger partial charge in [0, 0.05) is 17.7 Å². The van der Waals surface area contributed by atoms with Crippen molar-refractivity contribution in [2.75, 3.05) is 0 Å². The number of carbonyl (C=O) groups excluding carboxylic acids is 2. The minimum Gasteiger partial charge on any atom is -0.356 e. The predicted molar refractivity (Wildman–Crippen MR) is 54.9 cm³/mol. The number of aromatic nitrogens is 1. The summed E-state index contributed by atoms with van der Waals surface area (Å²) in [5.74, 6) is 0.117. The average Bonchev–Trinajstić information content (AvgIpc) is 2.41. The Morgan fingerprint density at radius 3 is 2.50 bits per heavy atom. The molecule has 0 spiro atoms. The Balaban J connectivity index is 3.13. The second-order valence-corrected chi connectivity index (χ2v) is 3.45. The molecule has 0 saturated heterocycles. The lowest BCUT2D eigenvalue weighted by molar-refractivity contribution is 0.0980. The minimum atomic E-state index is 0.117. The van der Waals surface area contributed by atoms with Crippen LogP contribution in [0.4, 0.5) is 0 Å². The standard InChI is InChI=1S/C11H15NO2/c1-4-5-10(14)11-7(2)9(6-13)12-8(11)3/h6,12H,4-5H2,1-3H3. The zero-order chi connectivity index (χ0) is 10.7. The lowest BCUT2D eigenvalue weighted by atomic mass is 10.0. The van der Waals surface area contributed by atoms with Gasteiger partial charge in [-0.15, -0.1) is 0 Å². The summed E-state index contributed by atoms with van der Waals surface area (Å²) in [5, 5.41) is 0. The molecular formula is C11H15NO2. The van der Waals surface area contributed by atoms with Gasteiger partial charge in [0.05, 0.1) is 5.69 Å². The first-order valence-electron chi connectivity index (χ1n) is 4.79. The van der Waals surface area contributed by atoms with Gasteiger partial charge in [0.1, 0.15) is 0 Å². The molecule has 76 valence electrons. The number of aryl methyl sites for hydroxylation is 1. The van der Waals surface area contributed by atoms with E-state index in [0.29, 0.717) is 17.7 Å². The maximum atomic E-state index is 11.7. The lowest BCUT2D eigenvalue weighted by Gasteiger charge is -1.99. The van der Waals surface area contributed by atoms with Crippen molar-refractivity contribution in [1.82, 2.24) is 4.98 Å². The molecular weight excluding hydrogens is 178 g/mol. The molecule has 1 aromatic heterocycles. The van der Waals surface area contributed by atoms with E-state index in [4.69, 9.17) is 0 Å². The zero-order valence-corrected chi connectivity index (χ0v) is 8.81. The van der Waals surface area contributed by atoms with Crippen molar-refractivity contribution in [2.24, 2.45) is 0 Å². The van der Waals surface area contributed by atoms with Crippen molar-refractivity contribution < 1.29 is 9.59 Å². The van der Waals surface area contributed by atoms with E-state index in [9.17, 15) is 9.59 Å². The maximum absolute atomic E-state index is 11.7. The quantitative estimate of drug-likeness (QED) is 0.589. The molecule has 0 aliphatic rings. The molecule has 14 heavy (non-hydrogen) atoms. The van der Waals surface area contributed by atoms with Gasteiger partial charge in [0.25, 0.3) is 0 Å². The first-order valence-corrected chi connectivity index (χ1v) is 4.79. The van der Waals surface area contributed by atoms with E-state index in [-0.39, 0.29) is 5.78 Å². The second-order valence-electron chi connectivity index (χ2n) is 3.45. The maximum Gasteiger partial charge on any atom is 0.166 e. The van der Waals surface area contributed by atoms with Crippen LogP contribution in [0.2, 0.25) is 0 Å². The number of aromatic amines is 1. The topological polar surface area (TPSA) is 49.9 Å². The molecule has 0 amide bonds. The first-order chi connectivity index (χ1) is 6.61. The number of aldehydes is 1. The summed E-state index contributed by atoms with van der Waals surface area (Å²) >= 11 is 0. The highest BCUT2D eigenvalue weighted by molar-refractivity contribution is 6.00. The smallest absolute Gasteiger partial charge is 0.166 e. The van der Waals surface area contributed by atoms with Crippen LogP contribution < -0.4 is 0 Å². The van der Waals surface area contributed by atoms with Gasteiger partial charge < -0.3 is 4.98 Å². The highest BCUT2D eigenvalue weighted by Crippen LogP contribution is 2.18. The van der Waals surface area contributed by atoms with E-state index < -0.39 is 0 Å². The van der Waals surface area contributed by atoms with E-state index in [1.54, 1.807) is 6.92 Å². The first kappa shape index (κ1) is 10.7. The summed E-state index contributed by atoms with van der Waals surface area (Å²) in [4.78, 5) is 25.2. The van der Waals surface area contributed by atoms with Crippen LogP contribution in [0.3, 0.4) is 0 Å². The van der Waals surface area contributed by atoms with Crippen LogP contribution in [0.15, 0.2) is 0 Å². The van der Waals surface area contributed by atoms with Gasteiger partial charge in [-0.25, -0.2) is 0 Å². The van der Waals surface area contributed by atoms with Crippen LogP contribution >= 0.6 is 0 Å². The largest absolute Gasteiger partial charge is 0.356 e. The van der Waals surface area contributed by atoms with Crippen LogP contribution in [-0.4, -0.2) is 17.1 Å². The van der Waals surface area contributed by atoms with Gasteiger partial charge in [-0.2, -0.15) is 0 Å². The SMILES string of the molecule is CCCC(=O)c1c(C)[nH]c(C=O)c1C. The monoisotopic (exact) mass is 193 g/mol. The van der Waals surface area contributed by atoms with Crippen molar-refractivity contribution in [1.29, 1.82) is 0 Å². The summed E-state index contributed by atoms with van der Waals surface area (Å²) in [7, 11) is 0. The highest BCUT2D eigenvalue weighted by Gasteiger charge is 2.16. The van der Waals surface area contributed by atoms with Gasteiger partial charge in [-0.3, -0.25) is 9.59 Å². The normalized spacial score (nSPS) is 10.2. The van der Waals surface area contributed by atoms with E-state index in [2.05, 4.69) is 4.98 Å². The van der Waals surface area contributed by atoms with Gasteiger partial charge in [-0.1, -0.05) is 6.92 Å². The van der Waals surface area contributed by atoms with Gasteiger partial charge in [0.2, 0.25) is 0 Å². The highest BCUT2D eigenvalue weighted by atomic mass is 16.1. The number of nitrogens with one attached hydrogen (secondary N) is 1. The van der Waals surface area contributed by atoms with Crippen LogP contribution in [0.25, 0.3) is 0 Å². The molecule has 0 aliphatic heterocycles. The average molecular weight is 193 g/mol. The number of Topliss-reactive ketones (excluding diaryl/α,β-unsaturated/α-hetero) is 1. The molecule has 0 saturated carbocycles. The fourth-order valence-corrected chi connectivity index (χ4v) is 1.66. The Kier molecular flexibility index (Phi) is 3.23. The third-order valence-corrected chi connectivity index (χ3v) is 2.35. The van der Waals surface area contributed by atoms with E-state index >= 15 is 0 Å². The fraction of sp³-hybridized carbons (Fsp3) is 0.455. The van der Waals surface area contributed by atoms with Crippen LogP contribution in [0.1, 0.15) is 51.9 Å². The Morgan fingerprint density at radius 1 is 1.43 bits per heavy atom. The minimum absolute atomic E-state index is 0.117. The van der Waals surface area contributed by atoms with Gasteiger partial charge in [0.15, 0.2) is 12.1 Å². The summed E-state index contributed by atoms with van der Waals surface area (Å²) in [6, 6.07) is 0. The van der Waals surface area contributed by atoms with Crippen LogP contribution in [0.5, 0.6) is 0 Å². The molecule has 0 aromatic carbocycles. The third kappa shape index (κ3) is 1.76. The molecule has 0 atom stereocenters. The summed E-state index contributed by atoms with van der Waals surface area (Å²) in [6.45, 7) is 5.59. The molecule has 1 rings (SSSR count). The van der Waals surface area contributed by atoms with Crippen molar-refractivity contribution in [3.05, 3.63) is 22.5 Å². The number of hydrogen-bond donors (Lipinski definition) is 1. The molecule has 1 aromatic rings. The predicted octanol–water partition coefficient (Wildman–Crippen LogP) is 2.43. The number of carbonyl (C=O) groups is 2. The summed E-state index contributed by atoms with van der Waals surface area (Å²) < 4.78 is 0. The van der Waals surface area contributed by atoms with Gasteiger partial charge >= 0.3 is 0 Å². The molecule has 0 bridgehead atoms. The summed E-state index contributed by atoms with van der Waals surface area (Å²) in [5.41, 5.74) is 2.77. The number of rotatable bonds is 4. The Bertz CT molecular complexity index is 364. The van der Waals surface area contributed by atoms with Crippen molar-refractivity contribution >= 4 is 12.1 Å². The Hall–Kier alpha value is -1.38. The third-order valence-electron chi connectivity index (χ3n) is 2.35. The van der Waals surface area contributed by atoms with Crippen LogP contribution in [0, 0.1) is 13.8 Å². The number of H-pyrrole nitrogens is 1. The lowest BCUT2D eigenvalue weighted by Crippen LogP contribution is -2.00. The number of ketones is 1. The van der Waals surface area contributed by atoms with Crippen molar-refractivity contribution in [3.8, 4) is 0 Å². The molecule has 3 nitrogen and oxygen atoms in total. The summed E-state index contributed by atoms with van der Waals surface area (Å²) in [6.07, 6.45) is 2.13. The second kappa shape index (κ2) is 4.22.